The van der Waals surface area contributed by atoms with E-state index in [1.165, 1.54) is 12.0 Å². The second kappa shape index (κ2) is 7.39. The Kier molecular flexibility index (Phi) is 5.24. The maximum atomic E-state index is 5.72. The first-order chi connectivity index (χ1) is 11.5. The molecule has 130 valence electrons. The van der Waals surface area contributed by atoms with Gasteiger partial charge in [0.15, 0.2) is 5.76 Å². The molecule has 0 radical (unpaired) electrons. The fourth-order valence-electron chi connectivity index (χ4n) is 3.25. The van der Waals surface area contributed by atoms with Crippen molar-refractivity contribution in [1.82, 2.24) is 10.1 Å². The number of hydrogen-bond donors (Lipinski definition) is 0. The zero-order valence-corrected chi connectivity index (χ0v) is 15.2. The van der Waals surface area contributed by atoms with E-state index in [1.54, 1.807) is 0 Å². The van der Waals surface area contributed by atoms with Gasteiger partial charge in [0.05, 0.1) is 17.8 Å². The van der Waals surface area contributed by atoms with Gasteiger partial charge in [-0.3, -0.25) is 4.90 Å². The van der Waals surface area contributed by atoms with E-state index < -0.39 is 0 Å². The Morgan fingerprint density at radius 3 is 2.58 bits per heavy atom. The summed E-state index contributed by atoms with van der Waals surface area (Å²) in [7, 11) is 0. The first kappa shape index (κ1) is 17.0. The number of ether oxygens (including phenoxy) is 1. The summed E-state index contributed by atoms with van der Waals surface area (Å²) in [6, 6.07) is 10.9. The molecule has 1 atom stereocenters. The van der Waals surface area contributed by atoms with E-state index in [9.17, 15) is 0 Å². The lowest BCUT2D eigenvalue weighted by Gasteiger charge is -2.22. The molecule has 0 spiro atoms. The average Bonchev–Trinajstić information content (AvgIpc) is 3.17. The quantitative estimate of drug-likeness (QED) is 0.754. The van der Waals surface area contributed by atoms with E-state index in [4.69, 9.17) is 9.26 Å². The van der Waals surface area contributed by atoms with Crippen LogP contribution in [0.2, 0.25) is 0 Å². The minimum Gasteiger partial charge on any atom is -0.491 e. The number of hydrogen-bond acceptors (Lipinski definition) is 4. The van der Waals surface area contributed by atoms with Crippen LogP contribution in [0.5, 0.6) is 5.75 Å². The van der Waals surface area contributed by atoms with Crippen LogP contribution in [0.4, 0.5) is 0 Å². The average molecular weight is 328 g/mol. The van der Waals surface area contributed by atoms with Crippen molar-refractivity contribution in [2.45, 2.75) is 65.1 Å². The van der Waals surface area contributed by atoms with Crippen LogP contribution in [0.15, 0.2) is 34.9 Å². The van der Waals surface area contributed by atoms with Crippen LogP contribution >= 0.6 is 0 Å². The van der Waals surface area contributed by atoms with Crippen molar-refractivity contribution in [2.75, 3.05) is 6.54 Å². The van der Waals surface area contributed by atoms with Gasteiger partial charge < -0.3 is 9.26 Å². The van der Waals surface area contributed by atoms with Crippen LogP contribution in [0.3, 0.4) is 0 Å². The van der Waals surface area contributed by atoms with Crippen molar-refractivity contribution >= 4 is 0 Å². The van der Waals surface area contributed by atoms with E-state index in [-0.39, 0.29) is 6.10 Å². The summed E-state index contributed by atoms with van der Waals surface area (Å²) in [4.78, 5) is 2.49. The lowest BCUT2D eigenvalue weighted by molar-refractivity contribution is 0.206. The maximum Gasteiger partial charge on any atom is 0.154 e. The van der Waals surface area contributed by atoms with E-state index in [1.807, 2.05) is 13.8 Å². The summed E-state index contributed by atoms with van der Waals surface area (Å²) in [5.74, 6) is 2.35. The molecule has 2 heterocycles. The van der Waals surface area contributed by atoms with Crippen molar-refractivity contribution < 1.29 is 9.26 Å². The minimum absolute atomic E-state index is 0.209. The van der Waals surface area contributed by atoms with Crippen molar-refractivity contribution in [3.8, 4) is 5.75 Å². The molecule has 3 rings (SSSR count). The lowest BCUT2D eigenvalue weighted by atomic mass is 10.1. The van der Waals surface area contributed by atoms with E-state index in [2.05, 4.69) is 54.2 Å². The third kappa shape index (κ3) is 3.99. The molecule has 0 aliphatic carbocycles. The van der Waals surface area contributed by atoms with Gasteiger partial charge in [-0.15, -0.1) is 0 Å². The van der Waals surface area contributed by atoms with Crippen LogP contribution < -0.4 is 4.74 Å². The number of likely N-dealkylation sites (tertiary alicyclic amines) is 1. The van der Waals surface area contributed by atoms with Gasteiger partial charge in [-0.2, -0.15) is 0 Å². The summed E-state index contributed by atoms with van der Waals surface area (Å²) in [6.07, 6.45) is 2.55. The fourth-order valence-corrected chi connectivity index (χ4v) is 3.25. The van der Waals surface area contributed by atoms with Gasteiger partial charge >= 0.3 is 0 Å². The largest absolute Gasteiger partial charge is 0.491 e. The summed E-state index contributed by atoms with van der Waals surface area (Å²) >= 11 is 0. The highest BCUT2D eigenvalue weighted by atomic mass is 16.5. The molecular formula is C20H28N2O2. The van der Waals surface area contributed by atoms with Gasteiger partial charge in [0.1, 0.15) is 5.75 Å². The second-order valence-electron chi connectivity index (χ2n) is 7.25. The molecule has 0 amide bonds. The van der Waals surface area contributed by atoms with Crippen LogP contribution in [-0.4, -0.2) is 22.7 Å². The van der Waals surface area contributed by atoms with Gasteiger partial charge in [-0.1, -0.05) is 31.1 Å². The Morgan fingerprint density at radius 2 is 1.96 bits per heavy atom. The third-order valence-electron chi connectivity index (χ3n) is 4.51. The normalized spacial score (nSPS) is 18.7. The molecule has 4 nitrogen and oxygen atoms in total. The molecule has 4 heteroatoms. The topological polar surface area (TPSA) is 38.5 Å². The molecular weight excluding hydrogens is 300 g/mol. The lowest BCUT2D eigenvalue weighted by Crippen LogP contribution is -2.22. The van der Waals surface area contributed by atoms with Crippen molar-refractivity contribution in [3.05, 3.63) is 47.3 Å². The van der Waals surface area contributed by atoms with Crippen LogP contribution in [0.25, 0.3) is 0 Å². The number of benzene rings is 1. The summed E-state index contributed by atoms with van der Waals surface area (Å²) in [6.45, 7) is 10.4. The second-order valence-corrected chi connectivity index (χ2v) is 7.25. The Bertz CT molecular complexity index is 646. The summed E-state index contributed by atoms with van der Waals surface area (Å²) in [5.41, 5.74) is 2.36. The molecule has 0 bridgehead atoms. The van der Waals surface area contributed by atoms with Crippen LogP contribution in [0, 0.1) is 0 Å². The van der Waals surface area contributed by atoms with Gasteiger partial charge in [0.2, 0.25) is 0 Å². The predicted molar refractivity (Wildman–Crippen MR) is 95.2 cm³/mol. The molecule has 0 saturated carbocycles. The van der Waals surface area contributed by atoms with Gasteiger partial charge in [-0.25, -0.2) is 0 Å². The number of aromatic nitrogens is 1. The van der Waals surface area contributed by atoms with E-state index in [0.717, 1.165) is 36.7 Å². The SMILES string of the molecule is CC(C)Oc1ccc(CN2CCCC2c2cc(C(C)C)no2)cc1. The standard InChI is InChI=1S/C20H28N2O2/c1-14(2)18-12-20(24-21-18)19-6-5-11-22(19)13-16-7-9-17(10-8-16)23-15(3)4/h7-10,12,14-15,19H,5-6,11,13H2,1-4H3. The van der Waals surface area contributed by atoms with Gasteiger partial charge in [-0.05, 0) is 56.8 Å². The first-order valence-electron chi connectivity index (χ1n) is 8.99. The molecule has 1 aliphatic rings. The van der Waals surface area contributed by atoms with Crippen molar-refractivity contribution in [3.63, 3.8) is 0 Å². The number of nitrogens with zero attached hydrogens (tertiary/aromatic N) is 2. The van der Waals surface area contributed by atoms with E-state index in [0.29, 0.717) is 12.0 Å². The monoisotopic (exact) mass is 328 g/mol. The highest BCUT2D eigenvalue weighted by Gasteiger charge is 2.29. The molecule has 1 aromatic carbocycles. The molecule has 1 saturated heterocycles. The Balaban J connectivity index is 1.67. The first-order valence-corrected chi connectivity index (χ1v) is 8.99. The summed E-state index contributed by atoms with van der Waals surface area (Å²) < 4.78 is 11.3. The molecule has 1 aliphatic heterocycles. The van der Waals surface area contributed by atoms with Crippen LogP contribution in [0.1, 0.15) is 69.5 Å². The Hall–Kier alpha value is -1.81. The van der Waals surface area contributed by atoms with Gasteiger partial charge in [0, 0.05) is 12.6 Å². The molecule has 2 aromatic rings. The Labute approximate surface area is 144 Å². The predicted octanol–water partition coefficient (Wildman–Crippen LogP) is 4.92. The number of rotatable bonds is 6. The Morgan fingerprint density at radius 1 is 1.21 bits per heavy atom. The van der Waals surface area contributed by atoms with Crippen molar-refractivity contribution in [1.29, 1.82) is 0 Å². The molecule has 0 N–H and O–H groups in total. The maximum absolute atomic E-state index is 5.72. The van der Waals surface area contributed by atoms with Gasteiger partial charge in [0.25, 0.3) is 0 Å². The molecule has 1 unspecified atom stereocenters. The van der Waals surface area contributed by atoms with E-state index >= 15 is 0 Å². The van der Waals surface area contributed by atoms with Crippen molar-refractivity contribution in [2.24, 2.45) is 0 Å². The minimum atomic E-state index is 0.209. The smallest absolute Gasteiger partial charge is 0.154 e. The fraction of sp³-hybridized carbons (Fsp3) is 0.550. The highest BCUT2D eigenvalue weighted by Crippen LogP contribution is 2.34. The molecule has 24 heavy (non-hydrogen) atoms. The molecule has 1 fully saturated rings. The molecule has 1 aromatic heterocycles. The highest BCUT2D eigenvalue weighted by molar-refractivity contribution is 5.27. The zero-order chi connectivity index (χ0) is 17.1. The zero-order valence-electron chi connectivity index (χ0n) is 15.2. The van der Waals surface area contributed by atoms with Crippen LogP contribution in [-0.2, 0) is 6.54 Å². The summed E-state index contributed by atoms with van der Waals surface area (Å²) in [5, 5.41) is 4.22. The third-order valence-corrected chi connectivity index (χ3v) is 4.51.